The number of hydrogen-bond acceptors (Lipinski definition) is 3. The van der Waals surface area contributed by atoms with Crippen molar-refractivity contribution in [3.63, 3.8) is 0 Å². The van der Waals surface area contributed by atoms with Crippen molar-refractivity contribution in [2.75, 3.05) is 6.54 Å². The first-order valence-electron chi connectivity index (χ1n) is 6.92. The van der Waals surface area contributed by atoms with Crippen LogP contribution in [-0.4, -0.2) is 39.4 Å². The lowest BCUT2D eigenvalue weighted by atomic mass is 9.93. The van der Waals surface area contributed by atoms with Gasteiger partial charge < -0.3 is 20.3 Å². The van der Waals surface area contributed by atoms with E-state index in [0.717, 1.165) is 38.6 Å². The van der Waals surface area contributed by atoms with Crippen molar-refractivity contribution in [2.45, 2.75) is 50.8 Å². The van der Waals surface area contributed by atoms with Crippen LogP contribution in [-0.2, 0) is 6.54 Å². The summed E-state index contributed by atoms with van der Waals surface area (Å²) in [6.45, 7) is 1.51. The number of hydrogen-bond donors (Lipinski definition) is 3. The number of nitrogens with zero attached hydrogens (tertiary/aromatic N) is 2. The Bertz CT molecular complexity index is 372. The molecule has 0 spiro atoms. The summed E-state index contributed by atoms with van der Waals surface area (Å²) in [6, 6.07) is 0.101. The molecule has 106 valence electrons. The first kappa shape index (κ1) is 13.9. The monoisotopic (exact) mass is 266 g/mol. The van der Waals surface area contributed by atoms with E-state index in [1.54, 1.807) is 12.5 Å². The number of urea groups is 1. The molecule has 0 bridgehead atoms. The SMILES string of the molecule is O=C(NCCCn1ccnc1)NC1CCC(O)CC1. The fraction of sp³-hybridized carbons (Fsp3) is 0.692. The maximum Gasteiger partial charge on any atom is 0.315 e. The fourth-order valence-corrected chi connectivity index (χ4v) is 2.34. The first-order chi connectivity index (χ1) is 9.24. The number of nitrogens with one attached hydrogen (secondary N) is 2. The van der Waals surface area contributed by atoms with Gasteiger partial charge in [0.25, 0.3) is 0 Å². The van der Waals surface area contributed by atoms with Crippen molar-refractivity contribution in [1.82, 2.24) is 20.2 Å². The second kappa shape index (κ2) is 7.13. The van der Waals surface area contributed by atoms with Gasteiger partial charge in [0, 0.05) is 31.5 Å². The Kier molecular flexibility index (Phi) is 5.20. The molecule has 1 saturated carbocycles. The molecule has 0 aromatic carbocycles. The normalized spacial score (nSPS) is 23.0. The second-order valence-corrected chi connectivity index (χ2v) is 5.06. The predicted octanol–water partition coefficient (Wildman–Crippen LogP) is 0.876. The molecular formula is C13H22N4O2. The molecule has 0 atom stereocenters. The van der Waals surface area contributed by atoms with E-state index < -0.39 is 0 Å². The largest absolute Gasteiger partial charge is 0.393 e. The number of rotatable bonds is 5. The topological polar surface area (TPSA) is 79.2 Å². The molecule has 1 aromatic rings. The second-order valence-electron chi connectivity index (χ2n) is 5.06. The predicted molar refractivity (Wildman–Crippen MR) is 71.6 cm³/mol. The number of carbonyl (C=O) groups is 1. The summed E-state index contributed by atoms with van der Waals surface area (Å²) in [5, 5.41) is 15.2. The Morgan fingerprint density at radius 1 is 1.37 bits per heavy atom. The fourth-order valence-electron chi connectivity index (χ4n) is 2.34. The zero-order chi connectivity index (χ0) is 13.5. The van der Waals surface area contributed by atoms with E-state index in [1.807, 2.05) is 10.8 Å². The van der Waals surface area contributed by atoms with Gasteiger partial charge in [-0.25, -0.2) is 9.78 Å². The maximum atomic E-state index is 11.7. The molecule has 19 heavy (non-hydrogen) atoms. The summed E-state index contributed by atoms with van der Waals surface area (Å²) in [4.78, 5) is 15.6. The Balaban J connectivity index is 1.54. The van der Waals surface area contributed by atoms with Gasteiger partial charge in [-0.3, -0.25) is 0 Å². The third-order valence-electron chi connectivity index (χ3n) is 3.47. The number of carbonyl (C=O) groups excluding carboxylic acids is 1. The molecule has 1 fully saturated rings. The van der Waals surface area contributed by atoms with Gasteiger partial charge in [-0.05, 0) is 32.1 Å². The van der Waals surface area contributed by atoms with Crippen LogP contribution in [0.1, 0.15) is 32.1 Å². The standard InChI is InChI=1S/C13H22N4O2/c18-12-4-2-11(3-5-12)16-13(19)15-6-1-8-17-9-7-14-10-17/h7,9-12,18H,1-6,8H2,(H2,15,16,19). The van der Waals surface area contributed by atoms with Crippen LogP contribution in [0.3, 0.4) is 0 Å². The molecule has 2 rings (SSSR count). The van der Waals surface area contributed by atoms with Crippen molar-refractivity contribution in [2.24, 2.45) is 0 Å². The molecule has 6 heteroatoms. The Morgan fingerprint density at radius 3 is 2.84 bits per heavy atom. The van der Waals surface area contributed by atoms with Crippen LogP contribution in [0, 0.1) is 0 Å². The average molecular weight is 266 g/mol. The third-order valence-corrected chi connectivity index (χ3v) is 3.47. The summed E-state index contributed by atoms with van der Waals surface area (Å²) in [7, 11) is 0. The number of aliphatic hydroxyl groups is 1. The van der Waals surface area contributed by atoms with Gasteiger partial charge in [-0.15, -0.1) is 0 Å². The minimum atomic E-state index is -0.184. The van der Waals surface area contributed by atoms with Crippen LogP contribution >= 0.6 is 0 Å². The Labute approximate surface area is 113 Å². The van der Waals surface area contributed by atoms with E-state index in [9.17, 15) is 9.90 Å². The van der Waals surface area contributed by atoms with Crippen molar-refractivity contribution in [3.05, 3.63) is 18.7 Å². The quantitative estimate of drug-likeness (QED) is 0.692. The zero-order valence-electron chi connectivity index (χ0n) is 11.1. The Hall–Kier alpha value is -1.56. The summed E-state index contributed by atoms with van der Waals surface area (Å²) in [5.74, 6) is 0. The molecule has 1 aliphatic rings. The summed E-state index contributed by atoms with van der Waals surface area (Å²) in [6.07, 6.45) is 9.42. The Morgan fingerprint density at radius 2 is 2.16 bits per heavy atom. The van der Waals surface area contributed by atoms with Crippen LogP contribution < -0.4 is 10.6 Å². The molecule has 1 heterocycles. The number of imidazole rings is 1. The molecule has 1 aromatic heterocycles. The summed E-state index contributed by atoms with van der Waals surface area (Å²) >= 11 is 0. The highest BCUT2D eigenvalue weighted by atomic mass is 16.3. The number of aryl methyl sites for hydroxylation is 1. The lowest BCUT2D eigenvalue weighted by Crippen LogP contribution is -2.44. The van der Waals surface area contributed by atoms with E-state index >= 15 is 0 Å². The lowest BCUT2D eigenvalue weighted by molar-refractivity contribution is 0.117. The third kappa shape index (κ3) is 4.90. The van der Waals surface area contributed by atoms with Crippen molar-refractivity contribution in [3.8, 4) is 0 Å². The molecule has 1 aliphatic carbocycles. The van der Waals surface area contributed by atoms with E-state index in [1.165, 1.54) is 0 Å². The van der Waals surface area contributed by atoms with Crippen LogP contribution in [0.4, 0.5) is 4.79 Å². The van der Waals surface area contributed by atoms with E-state index in [0.29, 0.717) is 6.54 Å². The molecule has 0 unspecified atom stereocenters. The number of amides is 2. The van der Waals surface area contributed by atoms with Gasteiger partial charge in [0.15, 0.2) is 0 Å². The summed E-state index contributed by atoms with van der Waals surface area (Å²) in [5.41, 5.74) is 0. The maximum absolute atomic E-state index is 11.7. The zero-order valence-corrected chi connectivity index (χ0v) is 11.1. The van der Waals surface area contributed by atoms with Crippen molar-refractivity contribution >= 4 is 6.03 Å². The molecule has 6 nitrogen and oxygen atoms in total. The minimum absolute atomic E-state index is 0.105. The van der Waals surface area contributed by atoms with E-state index in [4.69, 9.17) is 0 Å². The highest BCUT2D eigenvalue weighted by Gasteiger charge is 2.20. The smallest absolute Gasteiger partial charge is 0.315 e. The van der Waals surface area contributed by atoms with E-state index in [2.05, 4.69) is 15.6 Å². The van der Waals surface area contributed by atoms with Crippen LogP contribution in [0.2, 0.25) is 0 Å². The molecule has 0 radical (unpaired) electrons. The first-order valence-corrected chi connectivity index (χ1v) is 6.92. The van der Waals surface area contributed by atoms with Crippen LogP contribution in [0.15, 0.2) is 18.7 Å². The summed E-state index contributed by atoms with van der Waals surface area (Å²) < 4.78 is 1.99. The van der Waals surface area contributed by atoms with Gasteiger partial charge in [0.05, 0.1) is 12.4 Å². The average Bonchev–Trinajstić information content (AvgIpc) is 2.91. The molecule has 0 aliphatic heterocycles. The highest BCUT2D eigenvalue weighted by molar-refractivity contribution is 5.74. The molecular weight excluding hydrogens is 244 g/mol. The van der Waals surface area contributed by atoms with Crippen molar-refractivity contribution < 1.29 is 9.90 Å². The lowest BCUT2D eigenvalue weighted by Gasteiger charge is -2.26. The van der Waals surface area contributed by atoms with Crippen LogP contribution in [0.5, 0.6) is 0 Å². The van der Waals surface area contributed by atoms with Crippen LogP contribution in [0.25, 0.3) is 0 Å². The van der Waals surface area contributed by atoms with Gasteiger partial charge in [-0.2, -0.15) is 0 Å². The number of aromatic nitrogens is 2. The minimum Gasteiger partial charge on any atom is -0.393 e. The van der Waals surface area contributed by atoms with Gasteiger partial charge in [0.1, 0.15) is 0 Å². The molecule has 3 N–H and O–H groups in total. The van der Waals surface area contributed by atoms with Gasteiger partial charge in [-0.1, -0.05) is 0 Å². The highest BCUT2D eigenvalue weighted by Crippen LogP contribution is 2.17. The van der Waals surface area contributed by atoms with E-state index in [-0.39, 0.29) is 18.2 Å². The molecule has 2 amide bonds. The molecule has 0 saturated heterocycles. The van der Waals surface area contributed by atoms with Crippen molar-refractivity contribution in [1.29, 1.82) is 0 Å². The number of aliphatic hydroxyl groups excluding tert-OH is 1. The van der Waals surface area contributed by atoms with Gasteiger partial charge >= 0.3 is 6.03 Å². The van der Waals surface area contributed by atoms with Gasteiger partial charge in [0.2, 0.25) is 0 Å².